The number of aliphatic imine (C=N–C) groups is 1. The summed E-state index contributed by atoms with van der Waals surface area (Å²) in [6, 6.07) is 0.250. The van der Waals surface area contributed by atoms with Gasteiger partial charge >= 0.3 is 0 Å². The summed E-state index contributed by atoms with van der Waals surface area (Å²) in [4.78, 5) is 4.82. The molecular weight excluding hydrogens is 248 g/mol. The largest absolute Gasteiger partial charge is 0.382 e. The van der Waals surface area contributed by atoms with Gasteiger partial charge in [-0.3, -0.25) is 4.99 Å². The summed E-state index contributed by atoms with van der Waals surface area (Å²) in [5.41, 5.74) is 0.232. The van der Waals surface area contributed by atoms with Crippen molar-refractivity contribution >= 4 is 16.9 Å². The van der Waals surface area contributed by atoms with Crippen LogP contribution in [-0.2, 0) is 9.47 Å². The summed E-state index contributed by atoms with van der Waals surface area (Å²) in [6.07, 6.45) is 2.19. The van der Waals surface area contributed by atoms with E-state index in [2.05, 4.69) is 19.2 Å². The van der Waals surface area contributed by atoms with E-state index in [9.17, 15) is 0 Å². The first-order valence-corrected chi connectivity index (χ1v) is 7.69. The molecule has 0 saturated carbocycles. The molecule has 0 aliphatic carbocycles. The molecule has 0 aromatic rings. The molecule has 0 bridgehead atoms. The third kappa shape index (κ3) is 3.39. The molecule has 2 saturated heterocycles. The summed E-state index contributed by atoms with van der Waals surface area (Å²) in [5, 5.41) is 4.72. The van der Waals surface area contributed by atoms with Crippen LogP contribution < -0.4 is 5.32 Å². The van der Waals surface area contributed by atoms with Crippen LogP contribution in [0.1, 0.15) is 26.7 Å². The van der Waals surface area contributed by atoms with E-state index in [4.69, 9.17) is 14.5 Å². The van der Waals surface area contributed by atoms with E-state index in [1.807, 2.05) is 11.8 Å². The molecule has 18 heavy (non-hydrogen) atoms. The Morgan fingerprint density at radius 2 is 2.17 bits per heavy atom. The van der Waals surface area contributed by atoms with Gasteiger partial charge in [0, 0.05) is 26.1 Å². The fraction of sp³-hybridized carbons (Fsp3) is 0.923. The molecule has 1 spiro atoms. The molecule has 0 amide bonds. The van der Waals surface area contributed by atoms with E-state index >= 15 is 0 Å². The highest BCUT2D eigenvalue weighted by atomic mass is 32.2. The quantitative estimate of drug-likeness (QED) is 0.849. The second-order valence-electron chi connectivity index (χ2n) is 5.51. The normalized spacial score (nSPS) is 26.8. The smallest absolute Gasteiger partial charge is 0.157 e. The summed E-state index contributed by atoms with van der Waals surface area (Å²) in [7, 11) is 1.74. The Morgan fingerprint density at radius 3 is 2.78 bits per heavy atom. The first-order valence-electron chi connectivity index (χ1n) is 6.71. The summed E-state index contributed by atoms with van der Waals surface area (Å²) in [6.45, 7) is 6.81. The lowest BCUT2D eigenvalue weighted by Gasteiger charge is -2.32. The van der Waals surface area contributed by atoms with Gasteiger partial charge in [0.05, 0.1) is 18.2 Å². The number of hydrogen-bond acceptors (Lipinski definition) is 4. The fourth-order valence-electron chi connectivity index (χ4n) is 2.31. The van der Waals surface area contributed by atoms with Crippen LogP contribution in [0.5, 0.6) is 0 Å². The van der Waals surface area contributed by atoms with Crippen LogP contribution in [0, 0.1) is 5.92 Å². The van der Waals surface area contributed by atoms with Gasteiger partial charge in [0.2, 0.25) is 0 Å². The standard InChI is InChI=1S/C13H24N2O2S/c1-10(2)11(8-16-3)14-12-15-13(9-18-12)4-6-17-7-5-13/h10-11H,4-9H2,1-3H3,(H,14,15). The van der Waals surface area contributed by atoms with Gasteiger partial charge in [-0.25, -0.2) is 0 Å². The second-order valence-corrected chi connectivity index (χ2v) is 6.47. The number of rotatable bonds is 4. The van der Waals surface area contributed by atoms with E-state index in [0.717, 1.165) is 37.0 Å². The van der Waals surface area contributed by atoms with Crippen molar-refractivity contribution in [2.24, 2.45) is 10.9 Å². The molecule has 2 heterocycles. The maximum absolute atomic E-state index is 5.44. The Morgan fingerprint density at radius 1 is 1.44 bits per heavy atom. The van der Waals surface area contributed by atoms with E-state index in [1.165, 1.54) is 0 Å². The highest BCUT2D eigenvalue weighted by molar-refractivity contribution is 8.14. The lowest BCUT2D eigenvalue weighted by atomic mass is 9.93. The molecule has 2 fully saturated rings. The van der Waals surface area contributed by atoms with E-state index in [1.54, 1.807) is 7.11 Å². The maximum Gasteiger partial charge on any atom is 0.157 e. The van der Waals surface area contributed by atoms with Crippen molar-refractivity contribution in [2.75, 3.05) is 32.7 Å². The van der Waals surface area contributed by atoms with Crippen molar-refractivity contribution < 1.29 is 9.47 Å². The third-order valence-corrected chi connectivity index (χ3v) is 4.88. The SMILES string of the molecule is COCC(N=C1NC2(CCOCC2)CS1)C(C)C. The zero-order chi connectivity index (χ0) is 13.0. The maximum atomic E-state index is 5.44. The topological polar surface area (TPSA) is 42.8 Å². The lowest BCUT2D eigenvalue weighted by molar-refractivity contribution is 0.0554. The highest BCUT2D eigenvalue weighted by Gasteiger charge is 2.38. The van der Waals surface area contributed by atoms with Crippen LogP contribution in [0.15, 0.2) is 4.99 Å². The van der Waals surface area contributed by atoms with Crippen molar-refractivity contribution in [2.45, 2.75) is 38.3 Å². The molecule has 4 nitrogen and oxygen atoms in total. The van der Waals surface area contributed by atoms with Gasteiger partial charge in [-0.2, -0.15) is 0 Å². The summed E-state index contributed by atoms with van der Waals surface area (Å²) in [5.74, 6) is 1.62. The number of nitrogens with one attached hydrogen (secondary N) is 1. The Balaban J connectivity index is 1.97. The molecule has 5 heteroatoms. The average Bonchev–Trinajstić information content (AvgIpc) is 2.72. The van der Waals surface area contributed by atoms with Crippen LogP contribution in [0.2, 0.25) is 0 Å². The van der Waals surface area contributed by atoms with Crippen LogP contribution >= 0.6 is 11.8 Å². The van der Waals surface area contributed by atoms with Gasteiger partial charge in [-0.1, -0.05) is 25.6 Å². The Kier molecular flexibility index (Phi) is 4.92. The van der Waals surface area contributed by atoms with Gasteiger partial charge in [-0.05, 0) is 18.8 Å². The van der Waals surface area contributed by atoms with Gasteiger partial charge in [-0.15, -0.1) is 0 Å². The molecule has 1 N–H and O–H groups in total. The van der Waals surface area contributed by atoms with Gasteiger partial charge in [0.1, 0.15) is 0 Å². The minimum Gasteiger partial charge on any atom is -0.382 e. The van der Waals surface area contributed by atoms with Gasteiger partial charge < -0.3 is 14.8 Å². The van der Waals surface area contributed by atoms with Crippen molar-refractivity contribution in [3.63, 3.8) is 0 Å². The highest BCUT2D eigenvalue weighted by Crippen LogP contribution is 2.32. The lowest BCUT2D eigenvalue weighted by Crippen LogP contribution is -2.48. The predicted octanol–water partition coefficient (Wildman–Crippen LogP) is 1.90. The first-order chi connectivity index (χ1) is 8.65. The number of methoxy groups -OCH3 is 1. The van der Waals surface area contributed by atoms with E-state index in [-0.39, 0.29) is 11.6 Å². The first kappa shape index (κ1) is 14.2. The van der Waals surface area contributed by atoms with Crippen LogP contribution in [0.25, 0.3) is 0 Å². The minimum absolute atomic E-state index is 0.232. The molecule has 0 radical (unpaired) electrons. The average molecular weight is 272 g/mol. The number of hydrogen-bond donors (Lipinski definition) is 1. The Labute approximate surface area is 114 Å². The number of amidine groups is 1. The molecular formula is C13H24N2O2S. The fourth-order valence-corrected chi connectivity index (χ4v) is 3.58. The van der Waals surface area contributed by atoms with Crippen molar-refractivity contribution in [1.82, 2.24) is 5.32 Å². The summed E-state index contributed by atoms with van der Waals surface area (Å²) >= 11 is 1.85. The monoisotopic (exact) mass is 272 g/mol. The van der Waals surface area contributed by atoms with Crippen molar-refractivity contribution in [3.8, 4) is 0 Å². The van der Waals surface area contributed by atoms with Gasteiger partial charge in [0.25, 0.3) is 0 Å². The van der Waals surface area contributed by atoms with E-state index in [0.29, 0.717) is 12.5 Å². The zero-order valence-electron chi connectivity index (χ0n) is 11.6. The second kappa shape index (κ2) is 6.26. The summed E-state index contributed by atoms with van der Waals surface area (Å²) < 4.78 is 10.7. The molecule has 2 aliphatic rings. The zero-order valence-corrected chi connectivity index (χ0v) is 12.4. The van der Waals surface area contributed by atoms with Crippen LogP contribution in [0.4, 0.5) is 0 Å². The Bertz CT molecular complexity index is 301. The van der Waals surface area contributed by atoms with Crippen molar-refractivity contribution in [1.29, 1.82) is 0 Å². The van der Waals surface area contributed by atoms with Gasteiger partial charge in [0.15, 0.2) is 5.17 Å². The minimum atomic E-state index is 0.232. The number of thioether (sulfide) groups is 1. The van der Waals surface area contributed by atoms with E-state index < -0.39 is 0 Å². The van der Waals surface area contributed by atoms with Crippen molar-refractivity contribution in [3.05, 3.63) is 0 Å². The molecule has 2 aliphatic heterocycles. The predicted molar refractivity (Wildman–Crippen MR) is 76.3 cm³/mol. The van der Waals surface area contributed by atoms with Crippen LogP contribution in [0.3, 0.4) is 0 Å². The number of ether oxygens (including phenoxy) is 2. The molecule has 0 aromatic heterocycles. The molecule has 2 rings (SSSR count). The molecule has 1 unspecified atom stereocenters. The van der Waals surface area contributed by atoms with Crippen LogP contribution in [-0.4, -0.2) is 49.4 Å². The third-order valence-electron chi connectivity index (χ3n) is 3.70. The Hall–Kier alpha value is -0.260. The molecule has 0 aromatic carbocycles. The molecule has 104 valence electrons. The number of nitrogens with zero attached hydrogens (tertiary/aromatic N) is 1. The molecule has 1 atom stereocenters.